The van der Waals surface area contributed by atoms with Gasteiger partial charge in [-0.15, -0.1) is 0 Å². The third-order valence-electron chi connectivity index (χ3n) is 3.57. The first-order valence-electron chi connectivity index (χ1n) is 7.94. The Morgan fingerprint density at radius 3 is 2.48 bits per heavy atom. The topological polar surface area (TPSA) is 70.4 Å². The van der Waals surface area contributed by atoms with Gasteiger partial charge in [-0.05, 0) is 45.0 Å². The first-order valence-corrected chi connectivity index (χ1v) is 7.94. The molecule has 1 aromatic heterocycles. The highest BCUT2D eigenvalue weighted by atomic mass is 16.5. The summed E-state index contributed by atoms with van der Waals surface area (Å²) >= 11 is 0. The molecule has 0 atom stereocenters. The zero-order valence-electron chi connectivity index (χ0n) is 13.9. The van der Waals surface area contributed by atoms with Crippen molar-refractivity contribution in [3.8, 4) is 0 Å². The normalized spacial score (nSPS) is 10.4. The highest BCUT2D eigenvalue weighted by molar-refractivity contribution is 5.90. The number of anilines is 3. The molecular formula is C17H24N4O2. The summed E-state index contributed by atoms with van der Waals surface area (Å²) in [5, 5.41) is 9.68. The Balaban J connectivity index is 1.76. The Hall–Kier alpha value is -2.50. The molecule has 0 aliphatic carbocycles. The zero-order chi connectivity index (χ0) is 16.7. The van der Waals surface area contributed by atoms with Crippen molar-refractivity contribution in [1.29, 1.82) is 0 Å². The fourth-order valence-corrected chi connectivity index (χ4v) is 2.33. The summed E-state index contributed by atoms with van der Waals surface area (Å²) < 4.78 is 4.90. The molecule has 124 valence electrons. The minimum absolute atomic E-state index is 0.0921. The fraction of sp³-hybridized carbons (Fsp3) is 0.412. The van der Waals surface area contributed by atoms with Gasteiger partial charge in [0.05, 0.1) is 0 Å². The molecule has 0 aliphatic rings. The van der Waals surface area contributed by atoms with Crippen molar-refractivity contribution in [2.45, 2.75) is 27.2 Å². The molecule has 0 spiro atoms. The van der Waals surface area contributed by atoms with Gasteiger partial charge in [-0.1, -0.05) is 5.16 Å². The summed E-state index contributed by atoms with van der Waals surface area (Å²) in [5.74, 6) is 1.04. The number of hydrogen-bond donors (Lipinski definition) is 2. The Bertz CT molecular complexity index is 618. The van der Waals surface area contributed by atoms with E-state index in [4.69, 9.17) is 4.52 Å². The van der Waals surface area contributed by atoms with E-state index in [1.807, 2.05) is 12.1 Å². The quantitative estimate of drug-likeness (QED) is 0.782. The van der Waals surface area contributed by atoms with Gasteiger partial charge in [-0.25, -0.2) is 0 Å². The van der Waals surface area contributed by atoms with Gasteiger partial charge in [0.1, 0.15) is 5.76 Å². The summed E-state index contributed by atoms with van der Waals surface area (Å²) in [6.45, 7) is 8.62. The molecule has 0 radical (unpaired) electrons. The lowest BCUT2D eigenvalue weighted by atomic mass is 10.2. The number of carbonyl (C=O) groups is 1. The molecule has 6 nitrogen and oxygen atoms in total. The molecule has 1 heterocycles. The minimum atomic E-state index is -0.0921. The van der Waals surface area contributed by atoms with Crippen LogP contribution in [0.3, 0.4) is 0 Å². The third kappa shape index (κ3) is 5.02. The van der Waals surface area contributed by atoms with E-state index in [0.29, 0.717) is 24.5 Å². The SMILES string of the molecule is CCN(CC)c1ccc(NCCC(=O)Nc2cc(C)on2)cc1. The summed E-state index contributed by atoms with van der Waals surface area (Å²) in [5.41, 5.74) is 2.21. The van der Waals surface area contributed by atoms with Gasteiger partial charge < -0.3 is 20.1 Å². The van der Waals surface area contributed by atoms with Crippen LogP contribution in [0.1, 0.15) is 26.0 Å². The molecule has 0 bridgehead atoms. The van der Waals surface area contributed by atoms with E-state index in [2.05, 4.69) is 46.7 Å². The highest BCUT2D eigenvalue weighted by Gasteiger charge is 2.06. The van der Waals surface area contributed by atoms with Crippen LogP contribution in [0.4, 0.5) is 17.2 Å². The van der Waals surface area contributed by atoms with Crippen molar-refractivity contribution in [2.75, 3.05) is 35.2 Å². The Morgan fingerprint density at radius 2 is 1.91 bits per heavy atom. The lowest BCUT2D eigenvalue weighted by Gasteiger charge is -2.21. The predicted molar refractivity (Wildman–Crippen MR) is 93.0 cm³/mol. The molecule has 23 heavy (non-hydrogen) atoms. The lowest BCUT2D eigenvalue weighted by Crippen LogP contribution is -2.21. The lowest BCUT2D eigenvalue weighted by molar-refractivity contribution is -0.116. The number of amides is 1. The molecule has 1 amide bonds. The van der Waals surface area contributed by atoms with Crippen LogP contribution in [0, 0.1) is 6.92 Å². The average Bonchev–Trinajstić information content (AvgIpc) is 2.95. The van der Waals surface area contributed by atoms with Crippen LogP contribution >= 0.6 is 0 Å². The molecule has 6 heteroatoms. The van der Waals surface area contributed by atoms with E-state index < -0.39 is 0 Å². The standard InChI is InChI=1S/C17H24N4O2/c1-4-21(5-2)15-8-6-14(7-9-15)18-11-10-17(22)19-16-12-13(3)23-20-16/h6-9,12,18H,4-5,10-11H2,1-3H3,(H,19,20,22). The summed E-state index contributed by atoms with van der Waals surface area (Å²) in [6, 6.07) is 9.94. The Morgan fingerprint density at radius 1 is 1.22 bits per heavy atom. The van der Waals surface area contributed by atoms with Crippen LogP contribution in [-0.2, 0) is 4.79 Å². The average molecular weight is 316 g/mol. The van der Waals surface area contributed by atoms with Crippen molar-refractivity contribution in [3.63, 3.8) is 0 Å². The van der Waals surface area contributed by atoms with E-state index >= 15 is 0 Å². The second-order valence-electron chi connectivity index (χ2n) is 5.27. The molecule has 2 N–H and O–H groups in total. The molecule has 0 fully saturated rings. The van der Waals surface area contributed by atoms with E-state index in [1.54, 1.807) is 13.0 Å². The number of rotatable bonds is 8. The predicted octanol–water partition coefficient (Wildman–Crippen LogP) is 3.27. The van der Waals surface area contributed by atoms with Gasteiger partial charge in [0, 0.05) is 43.5 Å². The molecular weight excluding hydrogens is 292 g/mol. The smallest absolute Gasteiger partial charge is 0.227 e. The molecule has 2 aromatic rings. The van der Waals surface area contributed by atoms with Gasteiger partial charge >= 0.3 is 0 Å². The Labute approximate surface area is 136 Å². The number of aryl methyl sites for hydroxylation is 1. The number of nitrogens with one attached hydrogen (secondary N) is 2. The molecule has 1 aromatic carbocycles. The van der Waals surface area contributed by atoms with Crippen LogP contribution in [0.15, 0.2) is 34.9 Å². The van der Waals surface area contributed by atoms with E-state index in [9.17, 15) is 4.79 Å². The second-order valence-corrected chi connectivity index (χ2v) is 5.27. The van der Waals surface area contributed by atoms with E-state index in [0.717, 1.165) is 18.8 Å². The summed E-state index contributed by atoms with van der Waals surface area (Å²) in [4.78, 5) is 14.1. The largest absolute Gasteiger partial charge is 0.385 e. The number of nitrogens with zero attached hydrogens (tertiary/aromatic N) is 2. The van der Waals surface area contributed by atoms with E-state index in [1.165, 1.54) is 5.69 Å². The van der Waals surface area contributed by atoms with Gasteiger partial charge in [0.25, 0.3) is 0 Å². The van der Waals surface area contributed by atoms with Crippen LogP contribution in [0.5, 0.6) is 0 Å². The molecule has 0 unspecified atom stereocenters. The summed E-state index contributed by atoms with van der Waals surface area (Å²) in [7, 11) is 0. The van der Waals surface area contributed by atoms with E-state index in [-0.39, 0.29) is 5.91 Å². The third-order valence-corrected chi connectivity index (χ3v) is 3.57. The van der Waals surface area contributed by atoms with Gasteiger partial charge in [0.2, 0.25) is 5.91 Å². The van der Waals surface area contributed by atoms with Crippen molar-refractivity contribution < 1.29 is 9.32 Å². The number of carbonyl (C=O) groups excluding carboxylic acids is 1. The molecule has 0 saturated heterocycles. The van der Waals surface area contributed by atoms with Crippen LogP contribution in [-0.4, -0.2) is 30.7 Å². The number of aromatic nitrogens is 1. The monoisotopic (exact) mass is 316 g/mol. The first-order chi connectivity index (χ1) is 11.1. The highest BCUT2D eigenvalue weighted by Crippen LogP contribution is 2.17. The van der Waals surface area contributed by atoms with Gasteiger partial charge in [0.15, 0.2) is 5.82 Å². The zero-order valence-corrected chi connectivity index (χ0v) is 13.9. The fourth-order valence-electron chi connectivity index (χ4n) is 2.33. The second kappa shape index (κ2) is 8.22. The molecule has 2 rings (SSSR count). The van der Waals surface area contributed by atoms with Gasteiger partial charge in [-0.3, -0.25) is 4.79 Å². The Kier molecular flexibility index (Phi) is 6.02. The van der Waals surface area contributed by atoms with Gasteiger partial charge in [-0.2, -0.15) is 0 Å². The van der Waals surface area contributed by atoms with Crippen molar-refractivity contribution in [1.82, 2.24) is 5.16 Å². The maximum atomic E-state index is 11.8. The van der Waals surface area contributed by atoms with Crippen molar-refractivity contribution in [2.24, 2.45) is 0 Å². The minimum Gasteiger partial charge on any atom is -0.385 e. The van der Waals surface area contributed by atoms with Crippen molar-refractivity contribution >= 4 is 23.1 Å². The van der Waals surface area contributed by atoms with Crippen LogP contribution in [0.2, 0.25) is 0 Å². The van der Waals surface area contributed by atoms with Crippen LogP contribution in [0.25, 0.3) is 0 Å². The maximum absolute atomic E-state index is 11.8. The molecule has 0 saturated carbocycles. The molecule has 0 aliphatic heterocycles. The maximum Gasteiger partial charge on any atom is 0.227 e. The first kappa shape index (κ1) is 16.9. The summed E-state index contributed by atoms with van der Waals surface area (Å²) in [6.07, 6.45) is 0.365. The van der Waals surface area contributed by atoms with Crippen LogP contribution < -0.4 is 15.5 Å². The van der Waals surface area contributed by atoms with Crippen molar-refractivity contribution in [3.05, 3.63) is 36.1 Å². The number of hydrogen-bond acceptors (Lipinski definition) is 5. The number of benzene rings is 1.